The average Bonchev–Trinajstić information content (AvgIpc) is 3.22. The molecular formula is C14H21ClN4. The van der Waals surface area contributed by atoms with Gasteiger partial charge in [0.25, 0.3) is 0 Å². The van der Waals surface area contributed by atoms with Crippen molar-refractivity contribution >= 4 is 11.6 Å². The van der Waals surface area contributed by atoms with Gasteiger partial charge in [-0.05, 0) is 45.6 Å². The van der Waals surface area contributed by atoms with Crippen molar-refractivity contribution in [3.8, 4) is 6.07 Å². The van der Waals surface area contributed by atoms with Gasteiger partial charge in [0, 0.05) is 0 Å². The minimum Gasteiger partial charge on any atom is -0.298 e. The molecule has 19 heavy (non-hydrogen) atoms. The zero-order chi connectivity index (χ0) is 14.0. The van der Waals surface area contributed by atoms with E-state index in [1.165, 1.54) is 0 Å². The Hall–Kier alpha value is -1.05. The first-order valence-corrected chi connectivity index (χ1v) is 7.27. The van der Waals surface area contributed by atoms with E-state index in [2.05, 4.69) is 23.4 Å². The van der Waals surface area contributed by atoms with Crippen LogP contribution >= 0.6 is 11.6 Å². The van der Waals surface area contributed by atoms with E-state index in [1.807, 2.05) is 18.5 Å². The summed E-state index contributed by atoms with van der Waals surface area (Å²) in [4.78, 5) is 0. The maximum atomic E-state index is 9.66. The molecule has 1 heterocycles. The molecule has 0 amide bonds. The van der Waals surface area contributed by atoms with Gasteiger partial charge in [0.1, 0.15) is 5.54 Å². The first-order valence-electron chi connectivity index (χ1n) is 6.90. The number of aromatic nitrogens is 2. The molecule has 0 aromatic carbocycles. The Morgan fingerprint density at radius 2 is 2.21 bits per heavy atom. The van der Waals surface area contributed by atoms with Crippen LogP contribution in [0.4, 0.5) is 0 Å². The van der Waals surface area contributed by atoms with Gasteiger partial charge in [-0.15, -0.1) is 0 Å². The Morgan fingerprint density at radius 3 is 2.63 bits per heavy atom. The lowest BCUT2D eigenvalue weighted by Crippen LogP contribution is -2.50. The molecule has 2 rings (SSSR count). The van der Waals surface area contributed by atoms with E-state index >= 15 is 0 Å². The molecule has 104 valence electrons. The summed E-state index contributed by atoms with van der Waals surface area (Å²) in [6.07, 6.45) is 3.27. The summed E-state index contributed by atoms with van der Waals surface area (Å²) in [7, 11) is 0. The molecule has 0 radical (unpaired) electrons. The highest BCUT2D eigenvalue weighted by atomic mass is 35.5. The summed E-state index contributed by atoms with van der Waals surface area (Å²) in [5.74, 6) is 0.437. The molecule has 1 aliphatic rings. The predicted molar refractivity (Wildman–Crippen MR) is 76.1 cm³/mol. The van der Waals surface area contributed by atoms with Gasteiger partial charge in [0.15, 0.2) is 0 Å². The van der Waals surface area contributed by atoms with Crippen LogP contribution in [-0.2, 0) is 6.54 Å². The summed E-state index contributed by atoms with van der Waals surface area (Å²) in [6, 6.07) is 2.50. The zero-order valence-electron chi connectivity index (χ0n) is 11.8. The first-order chi connectivity index (χ1) is 9.04. The van der Waals surface area contributed by atoms with Crippen molar-refractivity contribution in [1.29, 1.82) is 5.26 Å². The van der Waals surface area contributed by atoms with Gasteiger partial charge < -0.3 is 0 Å². The van der Waals surface area contributed by atoms with E-state index in [-0.39, 0.29) is 0 Å². The lowest BCUT2D eigenvalue weighted by atomic mass is 9.94. The van der Waals surface area contributed by atoms with Crippen LogP contribution < -0.4 is 5.32 Å². The van der Waals surface area contributed by atoms with Gasteiger partial charge in [0.05, 0.1) is 29.0 Å². The third-order valence-corrected chi connectivity index (χ3v) is 4.40. The summed E-state index contributed by atoms with van der Waals surface area (Å²) in [6.45, 7) is 7.40. The zero-order valence-corrected chi connectivity index (χ0v) is 12.6. The van der Waals surface area contributed by atoms with Crippen molar-refractivity contribution in [2.75, 3.05) is 6.54 Å². The third kappa shape index (κ3) is 2.77. The second-order valence-corrected chi connectivity index (χ2v) is 5.80. The fourth-order valence-electron chi connectivity index (χ4n) is 2.48. The van der Waals surface area contributed by atoms with Crippen LogP contribution in [0.25, 0.3) is 0 Å². The lowest BCUT2D eigenvalue weighted by Gasteiger charge is -2.28. The van der Waals surface area contributed by atoms with Gasteiger partial charge in [-0.25, -0.2) is 0 Å². The molecule has 0 bridgehead atoms. The second-order valence-electron chi connectivity index (χ2n) is 5.43. The van der Waals surface area contributed by atoms with E-state index in [1.54, 1.807) is 0 Å². The highest BCUT2D eigenvalue weighted by molar-refractivity contribution is 6.31. The quantitative estimate of drug-likeness (QED) is 0.872. The molecule has 0 aliphatic heterocycles. The van der Waals surface area contributed by atoms with Crippen molar-refractivity contribution in [2.24, 2.45) is 5.92 Å². The molecular weight excluding hydrogens is 260 g/mol. The minimum absolute atomic E-state index is 0.437. The summed E-state index contributed by atoms with van der Waals surface area (Å²) in [5, 5.41) is 18.3. The van der Waals surface area contributed by atoms with E-state index in [9.17, 15) is 5.26 Å². The maximum absolute atomic E-state index is 9.66. The maximum Gasteiger partial charge on any atom is 0.129 e. The van der Waals surface area contributed by atoms with Gasteiger partial charge in [0.2, 0.25) is 0 Å². The molecule has 1 aromatic heterocycles. The fraction of sp³-hybridized carbons (Fsp3) is 0.714. The van der Waals surface area contributed by atoms with Crippen molar-refractivity contribution in [2.45, 2.75) is 52.1 Å². The van der Waals surface area contributed by atoms with Crippen LogP contribution in [0.15, 0.2) is 0 Å². The van der Waals surface area contributed by atoms with Crippen LogP contribution in [0.1, 0.15) is 37.6 Å². The van der Waals surface area contributed by atoms with Crippen LogP contribution in [0, 0.1) is 31.1 Å². The minimum atomic E-state index is -0.497. The number of nitrogens with one attached hydrogen (secondary N) is 1. The van der Waals surface area contributed by atoms with Gasteiger partial charge in [-0.1, -0.05) is 18.5 Å². The Labute approximate surface area is 119 Å². The molecule has 0 saturated heterocycles. The average molecular weight is 281 g/mol. The summed E-state index contributed by atoms with van der Waals surface area (Å²) >= 11 is 6.18. The first kappa shape index (κ1) is 14.4. The summed E-state index contributed by atoms with van der Waals surface area (Å²) in [5.41, 5.74) is 1.28. The topological polar surface area (TPSA) is 53.6 Å². The van der Waals surface area contributed by atoms with Crippen molar-refractivity contribution in [1.82, 2.24) is 15.1 Å². The fourth-order valence-corrected chi connectivity index (χ4v) is 2.62. The molecule has 4 nitrogen and oxygen atoms in total. The number of aryl methyl sites for hydroxylation is 1. The number of nitrogens with zero attached hydrogens (tertiary/aromatic N) is 3. The molecule has 1 saturated carbocycles. The van der Waals surface area contributed by atoms with Gasteiger partial charge in [-0.3, -0.25) is 10.00 Å². The number of hydrogen-bond acceptors (Lipinski definition) is 3. The highest BCUT2D eigenvalue weighted by Crippen LogP contribution is 2.40. The normalized spacial score (nSPS) is 18.1. The van der Waals surface area contributed by atoms with Crippen molar-refractivity contribution in [3.05, 3.63) is 16.4 Å². The van der Waals surface area contributed by atoms with Gasteiger partial charge in [-0.2, -0.15) is 10.4 Å². The van der Waals surface area contributed by atoms with Crippen molar-refractivity contribution < 1.29 is 0 Å². The molecule has 1 unspecified atom stereocenters. The Balaban J connectivity index is 2.24. The molecule has 1 fully saturated rings. The lowest BCUT2D eigenvalue weighted by molar-refractivity contribution is 0.303. The Bertz CT molecular complexity index is 498. The molecule has 1 N–H and O–H groups in total. The monoisotopic (exact) mass is 280 g/mol. The highest BCUT2D eigenvalue weighted by Gasteiger charge is 2.46. The third-order valence-electron chi connectivity index (χ3n) is 3.86. The number of rotatable bonds is 6. The molecule has 1 atom stereocenters. The standard InChI is InChI=1S/C14H21ClN4/c1-4-7-17-14(8-16,12-5-6-12)9-19-11(3)13(15)10(2)18-19/h12,17H,4-7,9H2,1-3H3. The van der Waals surface area contributed by atoms with Crippen LogP contribution in [0.3, 0.4) is 0 Å². The Morgan fingerprint density at radius 1 is 1.53 bits per heavy atom. The Kier molecular flexibility index (Phi) is 4.17. The van der Waals surface area contributed by atoms with Crippen LogP contribution in [-0.4, -0.2) is 21.9 Å². The molecule has 5 heteroatoms. The van der Waals surface area contributed by atoms with E-state index < -0.39 is 5.54 Å². The molecule has 0 spiro atoms. The summed E-state index contributed by atoms with van der Waals surface area (Å²) < 4.78 is 1.88. The van der Waals surface area contributed by atoms with Crippen LogP contribution in [0.2, 0.25) is 5.02 Å². The SMILES string of the molecule is CCCNC(C#N)(Cn1nc(C)c(Cl)c1C)C1CC1. The number of nitriles is 1. The predicted octanol–water partition coefficient (Wildman–Crippen LogP) is 2.83. The van der Waals surface area contributed by atoms with Gasteiger partial charge >= 0.3 is 0 Å². The molecule has 1 aliphatic carbocycles. The largest absolute Gasteiger partial charge is 0.298 e. The van der Waals surface area contributed by atoms with E-state index in [0.717, 1.165) is 37.2 Å². The molecule has 1 aromatic rings. The smallest absolute Gasteiger partial charge is 0.129 e. The number of halogens is 1. The second kappa shape index (κ2) is 5.52. The van der Waals surface area contributed by atoms with Crippen molar-refractivity contribution in [3.63, 3.8) is 0 Å². The number of hydrogen-bond donors (Lipinski definition) is 1. The van der Waals surface area contributed by atoms with E-state index in [4.69, 9.17) is 11.6 Å². The van der Waals surface area contributed by atoms with Crippen LogP contribution in [0.5, 0.6) is 0 Å². The van der Waals surface area contributed by atoms with E-state index in [0.29, 0.717) is 17.5 Å².